The molecule has 0 spiro atoms. The number of ketones is 2. The fourth-order valence-corrected chi connectivity index (χ4v) is 2.84. The molecule has 0 unspecified atom stereocenters. The third-order valence-corrected chi connectivity index (χ3v) is 4.18. The van der Waals surface area contributed by atoms with E-state index in [1.165, 1.54) is 6.92 Å². The van der Waals surface area contributed by atoms with Crippen LogP contribution in [0.2, 0.25) is 0 Å². The largest absolute Gasteiger partial charge is 0.454 e. The lowest BCUT2D eigenvalue weighted by Gasteiger charge is -2.08. The fraction of sp³-hybridized carbons (Fsp3) is 0.381. The van der Waals surface area contributed by atoms with Crippen LogP contribution in [0, 0.1) is 13.8 Å². The van der Waals surface area contributed by atoms with Gasteiger partial charge in [-0.15, -0.1) is 0 Å². The number of carbonyl (C=O) groups excluding carboxylic acids is 3. The Bertz CT molecular complexity index is 846. The molecule has 2 rings (SSSR count). The highest BCUT2D eigenvalue weighted by atomic mass is 16.5. The average Bonchev–Trinajstić information content (AvgIpc) is 2.92. The molecule has 1 N–H and O–H groups in total. The van der Waals surface area contributed by atoms with Crippen LogP contribution in [-0.4, -0.2) is 35.2 Å². The summed E-state index contributed by atoms with van der Waals surface area (Å²) in [5.41, 5.74) is 3.32. The van der Waals surface area contributed by atoms with E-state index in [2.05, 4.69) is 4.98 Å². The lowest BCUT2D eigenvalue weighted by atomic mass is 10.1. The second-order valence-electron chi connectivity index (χ2n) is 6.74. The monoisotopic (exact) mass is 371 g/mol. The summed E-state index contributed by atoms with van der Waals surface area (Å²) in [7, 11) is 0. The van der Waals surface area contributed by atoms with Gasteiger partial charge < -0.3 is 14.5 Å². The second kappa shape index (κ2) is 8.77. The average molecular weight is 371 g/mol. The molecule has 0 saturated heterocycles. The quantitative estimate of drug-likeness (QED) is 0.563. The third kappa shape index (κ3) is 5.14. The Labute approximate surface area is 158 Å². The summed E-state index contributed by atoms with van der Waals surface area (Å²) in [6.07, 6.45) is 0.129. The molecule has 0 saturated carbocycles. The Balaban J connectivity index is 1.98. The molecule has 1 heterocycles. The number of rotatable bonds is 8. The van der Waals surface area contributed by atoms with Crippen LogP contribution in [0.5, 0.6) is 0 Å². The molecule has 0 bridgehead atoms. The zero-order valence-electron chi connectivity index (χ0n) is 16.3. The number of H-pyrrole nitrogens is 1. The molecule has 6 heteroatoms. The first-order valence-corrected chi connectivity index (χ1v) is 8.81. The second-order valence-corrected chi connectivity index (χ2v) is 6.74. The van der Waals surface area contributed by atoms with E-state index in [9.17, 15) is 14.4 Å². The maximum Gasteiger partial charge on any atom is 0.338 e. The molecule has 2 aromatic rings. The number of aromatic amines is 1. The number of esters is 1. The van der Waals surface area contributed by atoms with Crippen molar-refractivity contribution < 1.29 is 23.9 Å². The van der Waals surface area contributed by atoms with Crippen LogP contribution in [-0.2, 0) is 16.1 Å². The number of aryl methyl sites for hydroxylation is 1. The molecule has 0 aliphatic heterocycles. The van der Waals surface area contributed by atoms with Crippen LogP contribution in [0.1, 0.15) is 68.8 Å². The molecule has 0 radical (unpaired) electrons. The number of aromatic nitrogens is 1. The summed E-state index contributed by atoms with van der Waals surface area (Å²) < 4.78 is 10.6. The summed E-state index contributed by atoms with van der Waals surface area (Å²) in [6.45, 7) is 8.87. The van der Waals surface area contributed by atoms with Gasteiger partial charge in [-0.3, -0.25) is 9.59 Å². The van der Waals surface area contributed by atoms with Gasteiger partial charge in [0.15, 0.2) is 12.4 Å². The van der Waals surface area contributed by atoms with Crippen molar-refractivity contribution in [2.24, 2.45) is 0 Å². The van der Waals surface area contributed by atoms with Crippen molar-refractivity contribution in [2.75, 3.05) is 6.61 Å². The number of nitrogens with one attached hydrogen (secondary N) is 1. The van der Waals surface area contributed by atoms with E-state index in [1.807, 2.05) is 13.8 Å². The molecular formula is C21H25NO5. The van der Waals surface area contributed by atoms with Crippen molar-refractivity contribution in [3.8, 4) is 0 Å². The number of hydrogen-bond donors (Lipinski definition) is 1. The Morgan fingerprint density at radius 2 is 1.70 bits per heavy atom. The number of Topliss-reactive ketones (excluding diaryl/α,β-unsaturated/α-hetero) is 2. The van der Waals surface area contributed by atoms with E-state index >= 15 is 0 Å². The molecule has 0 fully saturated rings. The van der Waals surface area contributed by atoms with Gasteiger partial charge in [-0.25, -0.2) is 4.79 Å². The van der Waals surface area contributed by atoms with Crippen molar-refractivity contribution in [3.05, 3.63) is 57.9 Å². The molecule has 144 valence electrons. The summed E-state index contributed by atoms with van der Waals surface area (Å²) in [5, 5.41) is 0. The Kier molecular flexibility index (Phi) is 6.69. The summed E-state index contributed by atoms with van der Waals surface area (Å²) in [5.74, 6) is -1.07. The molecule has 0 aliphatic rings. The Morgan fingerprint density at radius 3 is 2.22 bits per heavy atom. The lowest BCUT2D eigenvalue weighted by molar-refractivity contribution is 0.0472. The number of benzene rings is 1. The highest BCUT2D eigenvalue weighted by molar-refractivity contribution is 6.04. The topological polar surface area (TPSA) is 85.5 Å². The summed E-state index contributed by atoms with van der Waals surface area (Å²) in [4.78, 5) is 39.1. The summed E-state index contributed by atoms with van der Waals surface area (Å²) in [6, 6.07) is 6.87. The van der Waals surface area contributed by atoms with Gasteiger partial charge in [0.1, 0.15) is 0 Å². The van der Waals surface area contributed by atoms with E-state index < -0.39 is 12.6 Å². The zero-order valence-corrected chi connectivity index (χ0v) is 16.3. The standard InChI is InChI=1S/C21H25NO5/c1-12(2)26-10-16-6-8-17(9-7-16)21(25)27-11-18(24)20-13(3)19(15(5)23)14(4)22-20/h6-9,12,22H,10-11H2,1-5H3. The van der Waals surface area contributed by atoms with Crippen molar-refractivity contribution in [3.63, 3.8) is 0 Å². The van der Waals surface area contributed by atoms with Gasteiger partial charge >= 0.3 is 5.97 Å². The van der Waals surface area contributed by atoms with Gasteiger partial charge in [0, 0.05) is 11.3 Å². The van der Waals surface area contributed by atoms with Crippen LogP contribution in [0.3, 0.4) is 0 Å². The number of hydrogen-bond acceptors (Lipinski definition) is 5. The molecule has 6 nitrogen and oxygen atoms in total. The van der Waals surface area contributed by atoms with Crippen LogP contribution in [0.4, 0.5) is 0 Å². The molecule has 0 amide bonds. The maximum atomic E-state index is 12.4. The van der Waals surface area contributed by atoms with Gasteiger partial charge in [0.25, 0.3) is 0 Å². The Hall–Kier alpha value is -2.73. The van der Waals surface area contributed by atoms with E-state index in [1.54, 1.807) is 38.1 Å². The molecule has 0 atom stereocenters. The van der Waals surface area contributed by atoms with Crippen molar-refractivity contribution >= 4 is 17.5 Å². The first kappa shape index (κ1) is 20.6. The van der Waals surface area contributed by atoms with E-state index in [0.717, 1.165) is 5.56 Å². The normalized spacial score (nSPS) is 10.9. The van der Waals surface area contributed by atoms with Gasteiger partial charge in [-0.2, -0.15) is 0 Å². The predicted molar refractivity (Wildman–Crippen MR) is 101 cm³/mol. The van der Waals surface area contributed by atoms with Crippen LogP contribution in [0.15, 0.2) is 24.3 Å². The minimum absolute atomic E-state index is 0.112. The molecule has 0 aliphatic carbocycles. The van der Waals surface area contributed by atoms with Crippen molar-refractivity contribution in [1.29, 1.82) is 0 Å². The maximum absolute atomic E-state index is 12.4. The number of ether oxygens (including phenoxy) is 2. The fourth-order valence-electron chi connectivity index (χ4n) is 2.84. The highest BCUT2D eigenvalue weighted by Gasteiger charge is 2.21. The van der Waals surface area contributed by atoms with Crippen LogP contribution >= 0.6 is 0 Å². The zero-order chi connectivity index (χ0) is 20.1. The molecule has 1 aromatic carbocycles. The first-order valence-electron chi connectivity index (χ1n) is 8.81. The number of carbonyl (C=O) groups is 3. The molecule has 1 aromatic heterocycles. The molecular weight excluding hydrogens is 346 g/mol. The Morgan fingerprint density at radius 1 is 1.07 bits per heavy atom. The smallest absolute Gasteiger partial charge is 0.338 e. The molecule has 27 heavy (non-hydrogen) atoms. The summed E-state index contributed by atoms with van der Waals surface area (Å²) >= 11 is 0. The van der Waals surface area contributed by atoms with E-state index in [0.29, 0.717) is 34.7 Å². The van der Waals surface area contributed by atoms with Gasteiger partial charge in [0.2, 0.25) is 5.78 Å². The van der Waals surface area contributed by atoms with E-state index in [4.69, 9.17) is 9.47 Å². The highest BCUT2D eigenvalue weighted by Crippen LogP contribution is 2.19. The van der Waals surface area contributed by atoms with Gasteiger partial charge in [0.05, 0.1) is 24.0 Å². The van der Waals surface area contributed by atoms with Crippen molar-refractivity contribution in [2.45, 2.75) is 47.3 Å². The SMILES string of the molecule is CC(=O)c1c(C)[nH]c(C(=O)COC(=O)c2ccc(COC(C)C)cc2)c1C. The van der Waals surface area contributed by atoms with E-state index in [-0.39, 0.29) is 17.7 Å². The first-order chi connectivity index (χ1) is 12.7. The van der Waals surface area contributed by atoms with Gasteiger partial charge in [-0.1, -0.05) is 12.1 Å². The van der Waals surface area contributed by atoms with Crippen molar-refractivity contribution in [1.82, 2.24) is 4.98 Å². The minimum Gasteiger partial charge on any atom is -0.454 e. The van der Waals surface area contributed by atoms with Crippen LogP contribution < -0.4 is 0 Å². The lowest BCUT2D eigenvalue weighted by Crippen LogP contribution is -2.15. The predicted octanol–water partition coefficient (Wildman–Crippen LogP) is 3.80. The van der Waals surface area contributed by atoms with Gasteiger partial charge in [-0.05, 0) is 57.9 Å². The van der Waals surface area contributed by atoms with Crippen LogP contribution in [0.25, 0.3) is 0 Å². The third-order valence-electron chi connectivity index (χ3n) is 4.18. The minimum atomic E-state index is -0.576.